The van der Waals surface area contributed by atoms with Gasteiger partial charge in [-0.2, -0.15) is 0 Å². The predicted molar refractivity (Wildman–Crippen MR) is 84.2 cm³/mol. The average Bonchev–Trinajstić information content (AvgIpc) is 2.60. The van der Waals surface area contributed by atoms with Crippen LogP contribution in [0, 0.1) is 0 Å². The fraction of sp³-hybridized carbons (Fsp3) is 0.118. The summed E-state index contributed by atoms with van der Waals surface area (Å²) >= 11 is 0. The first-order valence-corrected chi connectivity index (χ1v) is 6.94. The van der Waals surface area contributed by atoms with E-state index in [0.717, 1.165) is 6.29 Å². The van der Waals surface area contributed by atoms with E-state index in [-0.39, 0.29) is 12.2 Å². The highest BCUT2D eigenvalue weighted by Gasteiger charge is 2.08. The zero-order chi connectivity index (χ0) is 16.2. The average molecular weight is 310 g/mol. The van der Waals surface area contributed by atoms with Crippen LogP contribution < -0.4 is 15.0 Å². The minimum atomic E-state index is -0.169. The van der Waals surface area contributed by atoms with E-state index in [9.17, 15) is 9.59 Å². The van der Waals surface area contributed by atoms with Crippen molar-refractivity contribution >= 4 is 11.9 Å². The van der Waals surface area contributed by atoms with Gasteiger partial charge in [-0.05, 0) is 30.3 Å². The number of hydrogen-bond donors (Lipinski definition) is 0. The summed E-state index contributed by atoms with van der Waals surface area (Å²) in [5.74, 6) is 0.931. The van der Waals surface area contributed by atoms with Crippen LogP contribution in [0.2, 0.25) is 0 Å². The van der Waals surface area contributed by atoms with Gasteiger partial charge in [-0.1, -0.05) is 6.07 Å². The molecule has 3 rings (SSSR count). The van der Waals surface area contributed by atoms with Crippen LogP contribution in [0.5, 0.6) is 11.5 Å². The zero-order valence-electron chi connectivity index (χ0n) is 12.4. The second-order valence-electron chi connectivity index (χ2n) is 4.83. The molecule has 6 nitrogen and oxygen atoms in total. The van der Waals surface area contributed by atoms with Crippen LogP contribution in [0.3, 0.4) is 0 Å². The van der Waals surface area contributed by atoms with Crippen molar-refractivity contribution in [2.75, 3.05) is 7.11 Å². The van der Waals surface area contributed by atoms with Crippen LogP contribution >= 0.6 is 0 Å². The fourth-order valence-electron chi connectivity index (χ4n) is 2.21. The maximum absolute atomic E-state index is 12.0. The Hall–Kier alpha value is -3.15. The second-order valence-corrected chi connectivity index (χ2v) is 4.83. The number of hydrogen-bond acceptors (Lipinski definition) is 5. The van der Waals surface area contributed by atoms with Gasteiger partial charge in [0.1, 0.15) is 18.5 Å². The smallest absolute Gasteiger partial charge is 0.258 e. The molecule has 0 unspecified atom stereocenters. The van der Waals surface area contributed by atoms with Gasteiger partial charge in [0, 0.05) is 17.8 Å². The first-order chi connectivity index (χ1) is 11.2. The first-order valence-electron chi connectivity index (χ1n) is 6.94. The molecule has 0 N–H and O–H groups in total. The second kappa shape index (κ2) is 6.31. The lowest BCUT2D eigenvalue weighted by molar-refractivity contribution is 0.112. The molecule has 0 bridgehead atoms. The molecule has 6 heteroatoms. The summed E-state index contributed by atoms with van der Waals surface area (Å²) in [5.41, 5.74) is 1.40. The van der Waals surface area contributed by atoms with E-state index in [1.54, 1.807) is 36.5 Å². The molecule has 0 amide bonds. The van der Waals surface area contributed by atoms with Crippen LogP contribution in [-0.4, -0.2) is 22.8 Å². The van der Waals surface area contributed by atoms with Crippen molar-refractivity contribution in [1.82, 2.24) is 9.38 Å². The predicted octanol–water partition coefficient (Wildman–Crippen LogP) is 2.09. The summed E-state index contributed by atoms with van der Waals surface area (Å²) in [5, 5.41) is 0. The maximum atomic E-state index is 12.0. The summed E-state index contributed by atoms with van der Waals surface area (Å²) in [6.07, 6.45) is 2.40. The SMILES string of the molecule is COc1cc(C=O)ccc1OCc1cc(=O)n2ccccc2n1. The number of carbonyl (C=O) groups excluding carboxylic acids is 1. The number of rotatable bonds is 5. The van der Waals surface area contributed by atoms with E-state index in [1.807, 2.05) is 6.07 Å². The Kier molecular flexibility index (Phi) is 4.05. The summed E-state index contributed by atoms with van der Waals surface area (Å²) in [4.78, 5) is 27.2. The van der Waals surface area contributed by atoms with Crippen LogP contribution in [0.15, 0.2) is 53.5 Å². The van der Waals surface area contributed by atoms with Gasteiger partial charge in [-0.25, -0.2) is 4.98 Å². The molecule has 1 aromatic carbocycles. The van der Waals surface area contributed by atoms with Gasteiger partial charge in [-0.3, -0.25) is 14.0 Å². The van der Waals surface area contributed by atoms with Crippen molar-refractivity contribution < 1.29 is 14.3 Å². The first kappa shape index (κ1) is 14.8. The number of aldehydes is 1. The Balaban J connectivity index is 1.86. The molecule has 0 spiro atoms. The molecule has 116 valence electrons. The van der Waals surface area contributed by atoms with Crippen molar-refractivity contribution in [1.29, 1.82) is 0 Å². The quantitative estimate of drug-likeness (QED) is 0.675. The molecule has 0 saturated heterocycles. The zero-order valence-corrected chi connectivity index (χ0v) is 12.4. The van der Waals surface area contributed by atoms with Gasteiger partial charge < -0.3 is 9.47 Å². The molecular weight excluding hydrogens is 296 g/mol. The highest BCUT2D eigenvalue weighted by Crippen LogP contribution is 2.28. The topological polar surface area (TPSA) is 69.9 Å². The van der Waals surface area contributed by atoms with E-state index in [0.29, 0.717) is 28.4 Å². The number of methoxy groups -OCH3 is 1. The van der Waals surface area contributed by atoms with E-state index in [4.69, 9.17) is 9.47 Å². The minimum absolute atomic E-state index is 0.122. The number of benzene rings is 1. The standard InChI is InChI=1S/C17H14N2O4/c1-22-15-8-12(10-20)5-6-14(15)23-11-13-9-17(21)19-7-3-2-4-16(19)18-13/h2-10H,11H2,1H3. The van der Waals surface area contributed by atoms with E-state index in [2.05, 4.69) is 4.98 Å². The molecular formula is C17H14N2O4. The Morgan fingerprint density at radius 3 is 2.83 bits per heavy atom. The van der Waals surface area contributed by atoms with E-state index >= 15 is 0 Å². The van der Waals surface area contributed by atoms with Crippen LogP contribution in [0.1, 0.15) is 16.1 Å². The van der Waals surface area contributed by atoms with Crippen molar-refractivity contribution in [3.05, 3.63) is 70.3 Å². The molecule has 0 aliphatic carbocycles. The molecule has 0 radical (unpaired) electrons. The fourth-order valence-corrected chi connectivity index (χ4v) is 2.21. The molecule has 23 heavy (non-hydrogen) atoms. The van der Waals surface area contributed by atoms with Gasteiger partial charge in [-0.15, -0.1) is 0 Å². The highest BCUT2D eigenvalue weighted by atomic mass is 16.5. The van der Waals surface area contributed by atoms with Gasteiger partial charge in [0.05, 0.1) is 12.8 Å². The molecule has 0 aliphatic rings. The van der Waals surface area contributed by atoms with Gasteiger partial charge in [0.15, 0.2) is 11.5 Å². The number of aromatic nitrogens is 2. The molecule has 0 aliphatic heterocycles. The third-order valence-electron chi connectivity index (χ3n) is 3.32. The van der Waals surface area contributed by atoms with Crippen molar-refractivity contribution in [2.24, 2.45) is 0 Å². The Morgan fingerprint density at radius 1 is 1.17 bits per heavy atom. The molecule has 3 aromatic rings. The number of ether oxygens (including phenoxy) is 2. The van der Waals surface area contributed by atoms with Crippen LogP contribution in [0.4, 0.5) is 0 Å². The lowest BCUT2D eigenvalue weighted by Crippen LogP contribution is -2.16. The van der Waals surface area contributed by atoms with Crippen molar-refractivity contribution in [3.8, 4) is 11.5 Å². The number of nitrogens with zero attached hydrogens (tertiary/aromatic N) is 2. The van der Waals surface area contributed by atoms with Crippen LogP contribution in [-0.2, 0) is 6.61 Å². The lowest BCUT2D eigenvalue weighted by atomic mass is 10.2. The van der Waals surface area contributed by atoms with Gasteiger partial charge >= 0.3 is 0 Å². The van der Waals surface area contributed by atoms with Crippen molar-refractivity contribution in [2.45, 2.75) is 6.61 Å². The third kappa shape index (κ3) is 3.06. The summed E-state index contributed by atoms with van der Waals surface area (Å²) in [6, 6.07) is 11.6. The number of pyridine rings is 1. The Labute approximate surface area is 131 Å². The minimum Gasteiger partial charge on any atom is -0.493 e. The largest absolute Gasteiger partial charge is 0.493 e. The summed E-state index contributed by atoms with van der Waals surface area (Å²) < 4.78 is 12.3. The highest BCUT2D eigenvalue weighted by molar-refractivity contribution is 5.76. The molecule has 0 fully saturated rings. The van der Waals surface area contributed by atoms with Gasteiger partial charge in [0.25, 0.3) is 5.56 Å². The molecule has 2 heterocycles. The molecule has 2 aromatic heterocycles. The number of fused-ring (bicyclic) bond motifs is 1. The van der Waals surface area contributed by atoms with Crippen LogP contribution in [0.25, 0.3) is 5.65 Å². The number of carbonyl (C=O) groups is 1. The molecule has 0 saturated carbocycles. The monoisotopic (exact) mass is 310 g/mol. The van der Waals surface area contributed by atoms with Gasteiger partial charge in [0.2, 0.25) is 0 Å². The van der Waals surface area contributed by atoms with Crippen molar-refractivity contribution in [3.63, 3.8) is 0 Å². The van der Waals surface area contributed by atoms with E-state index in [1.165, 1.54) is 17.6 Å². The third-order valence-corrected chi connectivity index (χ3v) is 3.32. The lowest BCUT2D eigenvalue weighted by Gasteiger charge is -2.11. The summed E-state index contributed by atoms with van der Waals surface area (Å²) in [7, 11) is 1.50. The normalized spacial score (nSPS) is 10.5. The molecule has 0 atom stereocenters. The Bertz CT molecular complexity index is 918. The van der Waals surface area contributed by atoms with E-state index < -0.39 is 0 Å². The maximum Gasteiger partial charge on any atom is 0.258 e. The summed E-state index contributed by atoms with van der Waals surface area (Å²) in [6.45, 7) is 0.122. The Morgan fingerprint density at radius 2 is 2.04 bits per heavy atom.